The number of halogens is 12. The number of Topliss-reactive ketones (excluding diaryl/α,β-unsaturated/α-hetero) is 2. The van der Waals surface area contributed by atoms with Gasteiger partial charge in [0.05, 0.1) is 22.3 Å². The molecular weight excluding hydrogens is 620 g/mol. The number of carbonyl (C=O) groups is 2. The summed E-state index contributed by atoms with van der Waals surface area (Å²) in [4.78, 5) is 28.4. The lowest BCUT2D eigenvalue weighted by Gasteiger charge is -2.50. The van der Waals surface area contributed by atoms with Crippen LogP contribution in [0, 0.1) is 0 Å². The summed E-state index contributed by atoms with van der Waals surface area (Å²) in [7, 11) is 0. The smallest absolute Gasteiger partial charge is 0.289 e. The summed E-state index contributed by atoms with van der Waals surface area (Å²) in [5, 5.41) is 0. The predicted molar refractivity (Wildman–Crippen MR) is 126 cm³/mol. The molecule has 4 atom stereocenters. The number of hydrogen-bond donors (Lipinski definition) is 0. The number of hydrogen-bond acceptors (Lipinski definition) is 2. The second-order valence-corrected chi connectivity index (χ2v) is 10.9. The van der Waals surface area contributed by atoms with Crippen LogP contribution in [0.3, 0.4) is 0 Å². The van der Waals surface area contributed by atoms with Crippen LogP contribution in [-0.2, 0) is 9.59 Å². The Morgan fingerprint density at radius 1 is 0.364 bits per heavy atom. The standard InChI is InChI=1S/C30H12F12O2/c31-27(32,33)21-13-9-5-1-2-6-10(9)14(22(21)28(34,35)36)18-17(13)25(43)19-15-11-7-3-4-8-12(11)16(20(19)26(18)44)24(30(40,41)42)23(15)29(37,38)39/h1-8,13-16H/t13-,14?,15-,16?/m0/s1. The monoisotopic (exact) mass is 632 g/mol. The Bertz CT molecular complexity index is 1600. The van der Waals surface area contributed by atoms with E-state index < -0.39 is 127 Å². The molecule has 0 radical (unpaired) electrons. The molecule has 14 heteroatoms. The molecule has 0 heterocycles. The van der Waals surface area contributed by atoms with Crippen molar-refractivity contribution in [3.8, 4) is 0 Å². The van der Waals surface area contributed by atoms with Crippen molar-refractivity contribution >= 4 is 11.6 Å². The lowest BCUT2D eigenvalue weighted by Crippen LogP contribution is -2.49. The number of benzene rings is 2. The summed E-state index contributed by atoms with van der Waals surface area (Å²) in [6.07, 6.45) is -22.8. The molecule has 9 rings (SSSR count). The molecule has 44 heavy (non-hydrogen) atoms. The minimum Gasteiger partial charge on any atom is -0.289 e. The van der Waals surface area contributed by atoms with Gasteiger partial charge in [0.25, 0.3) is 0 Å². The number of ketones is 2. The topological polar surface area (TPSA) is 34.1 Å². The van der Waals surface area contributed by atoms with Gasteiger partial charge >= 0.3 is 24.7 Å². The highest BCUT2D eigenvalue weighted by atomic mass is 19.4. The number of rotatable bonds is 0. The highest BCUT2D eigenvalue weighted by Crippen LogP contribution is 2.69. The molecule has 0 aliphatic heterocycles. The van der Waals surface area contributed by atoms with Crippen LogP contribution in [0.4, 0.5) is 52.7 Å². The van der Waals surface area contributed by atoms with Gasteiger partial charge in [0.2, 0.25) is 0 Å². The van der Waals surface area contributed by atoms with Crippen molar-refractivity contribution in [2.75, 3.05) is 0 Å². The largest absolute Gasteiger partial charge is 0.413 e. The first-order chi connectivity index (χ1) is 20.3. The fourth-order valence-corrected chi connectivity index (χ4v) is 7.71. The first-order valence-corrected chi connectivity index (χ1v) is 12.8. The van der Waals surface area contributed by atoms with Crippen LogP contribution in [0.5, 0.6) is 0 Å². The van der Waals surface area contributed by atoms with Crippen LogP contribution < -0.4 is 0 Å². The highest BCUT2D eigenvalue weighted by molar-refractivity contribution is 6.29. The van der Waals surface area contributed by atoms with Gasteiger partial charge in [-0.15, -0.1) is 0 Å². The van der Waals surface area contributed by atoms with Gasteiger partial charge in [0, 0.05) is 46.0 Å². The van der Waals surface area contributed by atoms with Gasteiger partial charge < -0.3 is 0 Å². The van der Waals surface area contributed by atoms with E-state index in [2.05, 4.69) is 0 Å². The van der Waals surface area contributed by atoms with E-state index in [1.807, 2.05) is 0 Å². The molecule has 7 aliphatic carbocycles. The summed E-state index contributed by atoms with van der Waals surface area (Å²) in [5.74, 6) is -13.4. The van der Waals surface area contributed by atoms with Crippen LogP contribution in [-0.4, -0.2) is 36.3 Å². The molecule has 0 aromatic heterocycles. The zero-order chi connectivity index (χ0) is 32.0. The van der Waals surface area contributed by atoms with Crippen molar-refractivity contribution in [1.82, 2.24) is 0 Å². The van der Waals surface area contributed by atoms with Gasteiger partial charge in [0.1, 0.15) is 0 Å². The zero-order valence-electron chi connectivity index (χ0n) is 21.3. The second-order valence-electron chi connectivity index (χ2n) is 10.9. The van der Waals surface area contributed by atoms with Crippen molar-refractivity contribution in [2.45, 2.75) is 48.4 Å². The first kappa shape index (κ1) is 28.7. The van der Waals surface area contributed by atoms with Crippen LogP contribution in [0.2, 0.25) is 0 Å². The van der Waals surface area contributed by atoms with Gasteiger partial charge in [0.15, 0.2) is 11.6 Å². The van der Waals surface area contributed by atoms with E-state index in [0.717, 1.165) is 24.3 Å². The molecule has 4 bridgehead atoms. The Balaban J connectivity index is 1.55. The maximum absolute atomic E-state index is 14.5. The number of alkyl halides is 12. The zero-order valence-corrected chi connectivity index (χ0v) is 21.3. The Labute approximate surface area is 238 Å². The Hall–Kier alpha value is -4.10. The molecule has 228 valence electrons. The maximum Gasteiger partial charge on any atom is 0.413 e. The Kier molecular flexibility index (Phi) is 5.43. The van der Waals surface area contributed by atoms with E-state index >= 15 is 0 Å². The molecule has 0 saturated carbocycles. The summed E-state index contributed by atoms with van der Waals surface area (Å²) >= 11 is 0. The number of carbonyl (C=O) groups excluding carboxylic acids is 2. The Morgan fingerprint density at radius 2 is 0.545 bits per heavy atom. The summed E-state index contributed by atoms with van der Waals surface area (Å²) < 4.78 is 174. The molecule has 2 aromatic carbocycles. The molecular formula is C30H12F12O2. The molecule has 0 N–H and O–H groups in total. The number of allylic oxidation sites excluding steroid dienone is 8. The third-order valence-corrected chi connectivity index (χ3v) is 8.91. The van der Waals surface area contributed by atoms with Gasteiger partial charge in [-0.3, -0.25) is 9.59 Å². The van der Waals surface area contributed by atoms with E-state index in [0.29, 0.717) is 0 Å². The molecule has 0 spiro atoms. The molecule has 2 unspecified atom stereocenters. The van der Waals surface area contributed by atoms with E-state index in [9.17, 15) is 62.3 Å². The summed E-state index contributed by atoms with van der Waals surface area (Å²) in [5.41, 5.74) is -14.8. The molecule has 0 fully saturated rings. The first-order valence-electron chi connectivity index (χ1n) is 12.8. The maximum atomic E-state index is 14.5. The van der Waals surface area contributed by atoms with Gasteiger partial charge in [-0.2, -0.15) is 52.7 Å². The van der Waals surface area contributed by atoms with Gasteiger partial charge in [-0.1, -0.05) is 48.5 Å². The van der Waals surface area contributed by atoms with Crippen molar-refractivity contribution in [1.29, 1.82) is 0 Å². The second kappa shape index (κ2) is 8.33. The van der Waals surface area contributed by atoms with Crippen LogP contribution in [0.15, 0.2) is 93.1 Å². The quantitative estimate of drug-likeness (QED) is 0.166. The molecule has 0 amide bonds. The van der Waals surface area contributed by atoms with E-state index in [4.69, 9.17) is 0 Å². The highest BCUT2D eigenvalue weighted by Gasteiger charge is 2.67. The van der Waals surface area contributed by atoms with Gasteiger partial charge in [-0.25, -0.2) is 0 Å². The van der Waals surface area contributed by atoms with E-state index in [-0.39, 0.29) is 0 Å². The fraction of sp³-hybridized carbons (Fsp3) is 0.267. The van der Waals surface area contributed by atoms with Crippen LogP contribution >= 0.6 is 0 Å². The van der Waals surface area contributed by atoms with Crippen molar-refractivity contribution in [3.63, 3.8) is 0 Å². The molecule has 2 aromatic rings. The van der Waals surface area contributed by atoms with E-state index in [1.165, 1.54) is 24.3 Å². The van der Waals surface area contributed by atoms with Crippen molar-refractivity contribution < 1.29 is 62.3 Å². The van der Waals surface area contributed by atoms with Crippen molar-refractivity contribution in [3.05, 3.63) is 115 Å². The normalized spacial score (nSPS) is 26.4. The summed E-state index contributed by atoms with van der Waals surface area (Å²) in [6.45, 7) is 0. The molecule has 7 aliphatic rings. The predicted octanol–water partition coefficient (Wildman–Crippen LogP) is 8.36. The molecule has 0 saturated heterocycles. The fourth-order valence-electron chi connectivity index (χ4n) is 7.71. The SMILES string of the molecule is O=C1C2=C(C(=O)C3=C1C1C(C(F)(F)F)=C(C(F)(F)F)[C@H]3c3ccccc31)[C@H]1C(C(F)(F)F)=C(C(F)(F)F)C2c2ccccc21. The van der Waals surface area contributed by atoms with E-state index in [1.54, 1.807) is 0 Å². The third kappa shape index (κ3) is 3.47. The summed E-state index contributed by atoms with van der Waals surface area (Å²) in [6, 6.07) is 8.79. The van der Waals surface area contributed by atoms with Crippen LogP contribution in [0.25, 0.3) is 0 Å². The average Bonchev–Trinajstić information content (AvgIpc) is 2.92. The third-order valence-electron chi connectivity index (χ3n) is 8.91. The minimum atomic E-state index is -5.71. The average molecular weight is 632 g/mol. The minimum absolute atomic E-state index is 0.411. The van der Waals surface area contributed by atoms with Crippen LogP contribution in [0.1, 0.15) is 45.9 Å². The van der Waals surface area contributed by atoms with Crippen molar-refractivity contribution in [2.24, 2.45) is 0 Å². The lowest BCUT2D eigenvalue weighted by atomic mass is 9.51. The lowest BCUT2D eigenvalue weighted by molar-refractivity contribution is -0.128. The van der Waals surface area contributed by atoms with Gasteiger partial charge in [-0.05, 0) is 22.3 Å². The Morgan fingerprint density at radius 3 is 0.705 bits per heavy atom. The molecule has 2 nitrogen and oxygen atoms in total.